The average Bonchev–Trinajstić information content (AvgIpc) is 3.35. The zero-order chi connectivity index (χ0) is 15.7. The number of benzene rings is 2. The van der Waals surface area contributed by atoms with Gasteiger partial charge in [0, 0.05) is 18.5 Å². The lowest BCUT2D eigenvalue weighted by molar-refractivity contribution is 0.00678. The van der Waals surface area contributed by atoms with Crippen LogP contribution in [0.4, 0.5) is 0 Å². The molecule has 2 aromatic rings. The Morgan fingerprint density at radius 3 is 2.43 bits per heavy atom. The predicted molar refractivity (Wildman–Crippen MR) is 92.0 cm³/mol. The van der Waals surface area contributed by atoms with Gasteiger partial charge in [0.05, 0.1) is 19.8 Å². The summed E-state index contributed by atoms with van der Waals surface area (Å²) in [6.07, 6.45) is 2.90. The van der Waals surface area contributed by atoms with E-state index in [1.807, 2.05) is 12.1 Å². The summed E-state index contributed by atoms with van der Waals surface area (Å²) in [7, 11) is 1.71. The lowest BCUT2D eigenvalue weighted by atomic mass is 9.94. The molecule has 0 aromatic heterocycles. The van der Waals surface area contributed by atoms with Gasteiger partial charge in [-0.1, -0.05) is 36.4 Å². The van der Waals surface area contributed by atoms with E-state index in [1.165, 1.54) is 29.5 Å². The molecule has 0 atom stereocenters. The molecule has 0 bridgehead atoms. The zero-order valence-corrected chi connectivity index (χ0v) is 13.5. The van der Waals surface area contributed by atoms with Crippen molar-refractivity contribution in [2.75, 3.05) is 26.8 Å². The summed E-state index contributed by atoms with van der Waals surface area (Å²) in [5, 5.41) is 3.26. The molecule has 1 saturated heterocycles. The molecule has 0 spiro atoms. The minimum absolute atomic E-state index is 0.266. The van der Waals surface area contributed by atoms with Gasteiger partial charge in [0.15, 0.2) is 0 Å². The van der Waals surface area contributed by atoms with Crippen molar-refractivity contribution < 1.29 is 9.47 Å². The first-order valence-corrected chi connectivity index (χ1v) is 8.36. The fraction of sp³-hybridized carbons (Fsp3) is 0.400. The van der Waals surface area contributed by atoms with E-state index in [-0.39, 0.29) is 5.41 Å². The molecule has 2 aromatic carbocycles. The van der Waals surface area contributed by atoms with Crippen molar-refractivity contribution in [2.45, 2.75) is 24.4 Å². The van der Waals surface area contributed by atoms with Crippen LogP contribution in [0, 0.1) is 0 Å². The molecule has 1 heterocycles. The summed E-state index contributed by atoms with van der Waals surface area (Å²) in [6.45, 7) is 2.87. The second kappa shape index (κ2) is 5.99. The molecule has 1 aliphatic carbocycles. The molecule has 0 radical (unpaired) electrons. The van der Waals surface area contributed by atoms with Crippen molar-refractivity contribution in [2.24, 2.45) is 0 Å². The zero-order valence-electron chi connectivity index (χ0n) is 13.5. The van der Waals surface area contributed by atoms with Crippen LogP contribution in [0.5, 0.6) is 5.75 Å². The van der Waals surface area contributed by atoms with Crippen LogP contribution in [0.15, 0.2) is 48.5 Å². The van der Waals surface area contributed by atoms with Crippen LogP contribution in [0.2, 0.25) is 0 Å². The Hall–Kier alpha value is -1.84. The summed E-state index contributed by atoms with van der Waals surface area (Å²) in [5.74, 6) is 0.896. The summed E-state index contributed by atoms with van der Waals surface area (Å²) in [5.41, 5.74) is 4.10. The Morgan fingerprint density at radius 1 is 1.04 bits per heavy atom. The molecule has 120 valence electrons. The summed E-state index contributed by atoms with van der Waals surface area (Å²) >= 11 is 0. The van der Waals surface area contributed by atoms with Gasteiger partial charge in [-0.25, -0.2) is 0 Å². The normalized spacial score (nSPS) is 19.2. The monoisotopic (exact) mass is 309 g/mol. The van der Waals surface area contributed by atoms with Gasteiger partial charge in [-0.15, -0.1) is 0 Å². The van der Waals surface area contributed by atoms with Gasteiger partial charge in [-0.3, -0.25) is 0 Å². The van der Waals surface area contributed by atoms with Gasteiger partial charge in [-0.2, -0.15) is 0 Å². The maximum Gasteiger partial charge on any atom is 0.119 e. The van der Waals surface area contributed by atoms with Crippen molar-refractivity contribution >= 4 is 0 Å². The number of ether oxygens (including phenoxy) is 2. The molecule has 0 amide bonds. The van der Waals surface area contributed by atoms with E-state index in [2.05, 4.69) is 41.7 Å². The molecular formula is C20H23NO2. The Labute approximate surface area is 137 Å². The highest BCUT2D eigenvalue weighted by atomic mass is 16.5. The minimum Gasteiger partial charge on any atom is -0.497 e. The second-order valence-electron chi connectivity index (χ2n) is 6.68. The number of hydrogen-bond donors (Lipinski definition) is 1. The number of methoxy groups -OCH3 is 1. The van der Waals surface area contributed by atoms with E-state index in [4.69, 9.17) is 9.47 Å². The van der Waals surface area contributed by atoms with E-state index in [1.54, 1.807) is 7.11 Å². The second-order valence-corrected chi connectivity index (χ2v) is 6.68. The van der Waals surface area contributed by atoms with Gasteiger partial charge in [0.25, 0.3) is 0 Å². The Balaban J connectivity index is 1.48. The van der Waals surface area contributed by atoms with Crippen LogP contribution in [0.25, 0.3) is 11.1 Å². The lowest BCUT2D eigenvalue weighted by Gasteiger charge is -2.29. The summed E-state index contributed by atoms with van der Waals surface area (Å²) in [6, 6.07) is 17.2. The highest BCUT2D eigenvalue weighted by molar-refractivity contribution is 5.65. The molecule has 23 heavy (non-hydrogen) atoms. The first-order valence-electron chi connectivity index (χ1n) is 8.36. The van der Waals surface area contributed by atoms with Crippen molar-refractivity contribution in [1.82, 2.24) is 5.32 Å². The van der Waals surface area contributed by atoms with Crippen molar-refractivity contribution in [3.8, 4) is 16.9 Å². The van der Waals surface area contributed by atoms with Gasteiger partial charge < -0.3 is 14.8 Å². The highest BCUT2D eigenvalue weighted by Crippen LogP contribution is 2.48. The maximum atomic E-state index is 6.03. The average molecular weight is 309 g/mol. The molecule has 4 rings (SSSR count). The maximum absolute atomic E-state index is 6.03. The van der Waals surface area contributed by atoms with Crippen LogP contribution in [0.1, 0.15) is 18.4 Å². The molecular weight excluding hydrogens is 286 g/mol. The van der Waals surface area contributed by atoms with Crippen LogP contribution < -0.4 is 10.1 Å². The first kappa shape index (κ1) is 14.7. The molecule has 1 saturated carbocycles. The highest BCUT2D eigenvalue weighted by Gasteiger charge is 2.45. The fourth-order valence-corrected chi connectivity index (χ4v) is 3.14. The third-order valence-electron chi connectivity index (χ3n) is 5.09. The Kier molecular flexibility index (Phi) is 3.83. The van der Waals surface area contributed by atoms with E-state index in [9.17, 15) is 0 Å². The number of nitrogens with one attached hydrogen (secondary N) is 1. The molecule has 3 nitrogen and oxygen atoms in total. The number of hydrogen-bond acceptors (Lipinski definition) is 3. The van der Waals surface area contributed by atoms with Crippen molar-refractivity contribution in [1.29, 1.82) is 0 Å². The molecule has 0 unspecified atom stereocenters. The third-order valence-corrected chi connectivity index (χ3v) is 5.09. The predicted octanol–water partition coefficient (Wildman–Crippen LogP) is 3.38. The molecule has 1 N–H and O–H groups in total. The minimum atomic E-state index is 0.266. The lowest BCUT2D eigenvalue weighted by Crippen LogP contribution is -2.49. The van der Waals surface area contributed by atoms with E-state index in [0.29, 0.717) is 6.10 Å². The Morgan fingerprint density at radius 2 is 1.83 bits per heavy atom. The van der Waals surface area contributed by atoms with Gasteiger partial charge >= 0.3 is 0 Å². The Bertz CT molecular complexity index is 672. The summed E-state index contributed by atoms with van der Waals surface area (Å²) in [4.78, 5) is 0. The van der Waals surface area contributed by atoms with Crippen LogP contribution >= 0.6 is 0 Å². The van der Waals surface area contributed by atoms with Crippen LogP contribution in [-0.4, -0.2) is 32.9 Å². The van der Waals surface area contributed by atoms with Crippen LogP contribution in [-0.2, 0) is 10.2 Å². The smallest absolute Gasteiger partial charge is 0.119 e. The third kappa shape index (κ3) is 2.99. The molecule has 3 heteroatoms. The van der Waals surface area contributed by atoms with Crippen LogP contribution in [0.3, 0.4) is 0 Å². The standard InChI is InChI=1S/C20H23NO2/c1-22-18-4-2-3-16(11-18)15-5-7-17(8-6-15)20(9-10-20)14-23-19-12-21-13-19/h2-8,11,19,21H,9-10,12-14H2,1H3. The van der Waals surface area contributed by atoms with Gasteiger partial charge in [0.1, 0.15) is 5.75 Å². The van der Waals surface area contributed by atoms with E-state index in [0.717, 1.165) is 25.4 Å². The quantitative estimate of drug-likeness (QED) is 0.887. The molecule has 1 aliphatic heterocycles. The fourth-order valence-electron chi connectivity index (χ4n) is 3.14. The largest absolute Gasteiger partial charge is 0.497 e. The first-order chi connectivity index (χ1) is 11.3. The van der Waals surface area contributed by atoms with E-state index >= 15 is 0 Å². The van der Waals surface area contributed by atoms with Gasteiger partial charge in [0.2, 0.25) is 0 Å². The summed E-state index contributed by atoms with van der Waals surface area (Å²) < 4.78 is 11.3. The SMILES string of the molecule is COc1cccc(-c2ccc(C3(COC4CNC4)CC3)cc2)c1. The van der Waals surface area contributed by atoms with Gasteiger partial charge in [-0.05, 0) is 41.7 Å². The van der Waals surface area contributed by atoms with E-state index < -0.39 is 0 Å². The molecule has 2 fully saturated rings. The molecule has 2 aliphatic rings. The van der Waals surface area contributed by atoms with Crippen molar-refractivity contribution in [3.63, 3.8) is 0 Å². The number of rotatable bonds is 6. The van der Waals surface area contributed by atoms with Crippen molar-refractivity contribution in [3.05, 3.63) is 54.1 Å². The topological polar surface area (TPSA) is 30.5 Å².